The van der Waals surface area contributed by atoms with Gasteiger partial charge in [0.1, 0.15) is 5.76 Å². The maximum Gasteiger partial charge on any atom is 0.134 e. The second-order valence-corrected chi connectivity index (χ2v) is 3.99. The maximum absolute atomic E-state index is 5.92. The molecule has 2 N–H and O–H groups in total. The summed E-state index contributed by atoms with van der Waals surface area (Å²) in [5.41, 5.74) is 5.92. The Bertz CT molecular complexity index is 262. The van der Waals surface area contributed by atoms with Gasteiger partial charge in [-0.1, -0.05) is 6.92 Å². The normalized spacial score (nSPS) is 13.1. The van der Waals surface area contributed by atoms with E-state index in [4.69, 9.17) is 14.9 Å². The van der Waals surface area contributed by atoms with Crippen LogP contribution in [0.1, 0.15) is 31.6 Å². The molecule has 3 nitrogen and oxygen atoms in total. The lowest BCUT2D eigenvalue weighted by Crippen LogP contribution is -2.13. The molecule has 0 radical (unpaired) electrons. The molecular formula is C10H16BrNO2. The molecular weight excluding hydrogens is 246 g/mol. The Hall–Kier alpha value is -0.320. The predicted octanol–water partition coefficient (Wildman–Crippen LogP) is 2.86. The van der Waals surface area contributed by atoms with Crippen molar-refractivity contribution in [2.75, 3.05) is 13.2 Å². The van der Waals surface area contributed by atoms with Crippen molar-refractivity contribution in [2.45, 2.75) is 25.8 Å². The molecule has 1 atom stereocenters. The molecule has 0 aliphatic rings. The van der Waals surface area contributed by atoms with E-state index in [1.807, 2.05) is 6.07 Å². The summed E-state index contributed by atoms with van der Waals surface area (Å²) in [4.78, 5) is 0. The van der Waals surface area contributed by atoms with Crippen LogP contribution in [0.15, 0.2) is 21.2 Å². The zero-order valence-corrected chi connectivity index (χ0v) is 9.92. The molecule has 0 amide bonds. The van der Waals surface area contributed by atoms with E-state index in [2.05, 4.69) is 22.9 Å². The van der Waals surface area contributed by atoms with E-state index in [0.29, 0.717) is 6.61 Å². The zero-order valence-electron chi connectivity index (χ0n) is 8.33. The van der Waals surface area contributed by atoms with Gasteiger partial charge in [-0.2, -0.15) is 0 Å². The number of ether oxygens (including phenoxy) is 1. The lowest BCUT2D eigenvalue weighted by molar-refractivity contribution is 0.126. The van der Waals surface area contributed by atoms with Crippen molar-refractivity contribution < 1.29 is 9.15 Å². The number of hydrogen-bond donors (Lipinski definition) is 1. The van der Waals surface area contributed by atoms with Gasteiger partial charge in [0.25, 0.3) is 0 Å². The molecule has 0 fully saturated rings. The average Bonchev–Trinajstić information content (AvgIpc) is 2.59. The van der Waals surface area contributed by atoms with Gasteiger partial charge in [0.05, 0.1) is 16.8 Å². The van der Waals surface area contributed by atoms with Crippen molar-refractivity contribution >= 4 is 15.9 Å². The van der Waals surface area contributed by atoms with E-state index >= 15 is 0 Å². The van der Waals surface area contributed by atoms with Crippen LogP contribution < -0.4 is 5.73 Å². The van der Waals surface area contributed by atoms with Gasteiger partial charge in [-0.15, -0.1) is 0 Å². The Labute approximate surface area is 92.7 Å². The van der Waals surface area contributed by atoms with Crippen LogP contribution in [-0.4, -0.2) is 13.2 Å². The molecule has 1 rings (SSSR count). The molecule has 1 unspecified atom stereocenters. The predicted molar refractivity (Wildman–Crippen MR) is 59.1 cm³/mol. The highest BCUT2D eigenvalue weighted by Gasteiger charge is 2.12. The Morgan fingerprint density at radius 1 is 1.57 bits per heavy atom. The molecule has 1 aromatic heterocycles. The van der Waals surface area contributed by atoms with Crippen molar-refractivity contribution in [1.82, 2.24) is 0 Å². The van der Waals surface area contributed by atoms with Gasteiger partial charge < -0.3 is 14.9 Å². The summed E-state index contributed by atoms with van der Waals surface area (Å²) < 4.78 is 11.5. The van der Waals surface area contributed by atoms with Gasteiger partial charge >= 0.3 is 0 Å². The van der Waals surface area contributed by atoms with Crippen LogP contribution in [0, 0.1) is 0 Å². The van der Waals surface area contributed by atoms with Crippen molar-refractivity contribution in [2.24, 2.45) is 5.73 Å². The molecule has 0 saturated heterocycles. The Morgan fingerprint density at radius 2 is 2.36 bits per heavy atom. The number of rotatable bonds is 6. The van der Waals surface area contributed by atoms with E-state index in [9.17, 15) is 0 Å². The second-order valence-electron chi connectivity index (χ2n) is 3.14. The monoisotopic (exact) mass is 261 g/mol. The number of hydrogen-bond acceptors (Lipinski definition) is 3. The summed E-state index contributed by atoms with van der Waals surface area (Å²) in [5, 5.41) is 0. The highest BCUT2D eigenvalue weighted by molar-refractivity contribution is 9.10. The van der Waals surface area contributed by atoms with E-state index in [-0.39, 0.29) is 6.04 Å². The summed E-state index contributed by atoms with van der Waals surface area (Å²) in [6.07, 6.45) is 3.46. The smallest absolute Gasteiger partial charge is 0.134 e. The molecule has 1 aromatic rings. The first-order valence-electron chi connectivity index (χ1n) is 4.82. The fourth-order valence-corrected chi connectivity index (χ4v) is 1.65. The molecule has 1 heterocycles. The number of nitrogens with two attached hydrogens (primary N) is 1. The molecule has 80 valence electrons. The fourth-order valence-electron chi connectivity index (χ4n) is 1.16. The first kappa shape index (κ1) is 11.8. The molecule has 4 heteroatoms. The van der Waals surface area contributed by atoms with Gasteiger partial charge in [0, 0.05) is 13.2 Å². The minimum atomic E-state index is -0.0868. The largest absolute Gasteiger partial charge is 0.466 e. The molecule has 0 aliphatic heterocycles. The summed E-state index contributed by atoms with van der Waals surface area (Å²) >= 11 is 3.37. The average molecular weight is 262 g/mol. The van der Waals surface area contributed by atoms with Crippen LogP contribution in [0.5, 0.6) is 0 Å². The maximum atomic E-state index is 5.92. The van der Waals surface area contributed by atoms with E-state index in [0.717, 1.165) is 29.7 Å². The third kappa shape index (κ3) is 3.44. The van der Waals surface area contributed by atoms with E-state index in [1.165, 1.54) is 0 Å². The van der Waals surface area contributed by atoms with Gasteiger partial charge in [-0.05, 0) is 34.8 Å². The van der Waals surface area contributed by atoms with Crippen LogP contribution in [0.25, 0.3) is 0 Å². The highest BCUT2D eigenvalue weighted by atomic mass is 79.9. The van der Waals surface area contributed by atoms with Gasteiger partial charge in [-0.3, -0.25) is 0 Å². The highest BCUT2D eigenvalue weighted by Crippen LogP contribution is 2.24. The standard InChI is InChI=1S/C10H16BrNO2/c1-2-5-13-6-4-9(12)10-8(11)3-7-14-10/h3,7,9H,2,4-6,12H2,1H3. The topological polar surface area (TPSA) is 48.4 Å². The van der Waals surface area contributed by atoms with Crippen LogP contribution in [-0.2, 0) is 4.74 Å². The summed E-state index contributed by atoms with van der Waals surface area (Å²) in [6.45, 7) is 3.57. The first-order chi connectivity index (χ1) is 6.75. The molecule has 0 spiro atoms. The van der Waals surface area contributed by atoms with Crippen molar-refractivity contribution in [3.05, 3.63) is 22.6 Å². The van der Waals surface area contributed by atoms with E-state index in [1.54, 1.807) is 6.26 Å². The number of halogens is 1. The van der Waals surface area contributed by atoms with Crippen LogP contribution in [0.2, 0.25) is 0 Å². The SMILES string of the molecule is CCCOCCC(N)c1occc1Br. The van der Waals surface area contributed by atoms with Gasteiger partial charge in [0.15, 0.2) is 0 Å². The van der Waals surface area contributed by atoms with Gasteiger partial charge in [-0.25, -0.2) is 0 Å². The first-order valence-corrected chi connectivity index (χ1v) is 5.61. The van der Waals surface area contributed by atoms with Crippen molar-refractivity contribution in [1.29, 1.82) is 0 Å². The van der Waals surface area contributed by atoms with Crippen LogP contribution in [0.4, 0.5) is 0 Å². The third-order valence-electron chi connectivity index (χ3n) is 1.90. The Kier molecular flexibility index (Phi) is 5.22. The third-order valence-corrected chi connectivity index (χ3v) is 2.56. The summed E-state index contributed by atoms with van der Waals surface area (Å²) in [6, 6.07) is 1.76. The quantitative estimate of drug-likeness (QED) is 0.802. The lowest BCUT2D eigenvalue weighted by Gasteiger charge is -2.09. The summed E-state index contributed by atoms with van der Waals surface area (Å²) in [5.74, 6) is 0.796. The minimum absolute atomic E-state index is 0.0868. The Balaban J connectivity index is 2.28. The van der Waals surface area contributed by atoms with Gasteiger partial charge in [0.2, 0.25) is 0 Å². The van der Waals surface area contributed by atoms with Crippen molar-refractivity contribution in [3.63, 3.8) is 0 Å². The number of furan rings is 1. The lowest BCUT2D eigenvalue weighted by atomic mass is 10.2. The van der Waals surface area contributed by atoms with E-state index < -0.39 is 0 Å². The van der Waals surface area contributed by atoms with Crippen LogP contribution >= 0.6 is 15.9 Å². The minimum Gasteiger partial charge on any atom is -0.466 e. The summed E-state index contributed by atoms with van der Waals surface area (Å²) in [7, 11) is 0. The van der Waals surface area contributed by atoms with Crippen LogP contribution in [0.3, 0.4) is 0 Å². The molecule has 0 aliphatic carbocycles. The molecule has 0 saturated carbocycles. The van der Waals surface area contributed by atoms with Crippen molar-refractivity contribution in [3.8, 4) is 0 Å². The second kappa shape index (κ2) is 6.22. The zero-order chi connectivity index (χ0) is 10.4. The fraction of sp³-hybridized carbons (Fsp3) is 0.600. The molecule has 0 bridgehead atoms. The molecule has 0 aromatic carbocycles. The molecule has 14 heavy (non-hydrogen) atoms. The Morgan fingerprint density at radius 3 is 2.93 bits per heavy atom.